The number of hydrogen-bond donors (Lipinski definition) is 2. The van der Waals surface area contributed by atoms with E-state index < -0.39 is 23.8 Å². The average molecular weight is 368 g/mol. The summed E-state index contributed by atoms with van der Waals surface area (Å²) >= 11 is 0. The number of fused-ring (bicyclic) bond motifs is 1. The molecule has 140 valence electrons. The molecule has 2 aliphatic rings. The molecular formula is C19H20N4O4. The van der Waals surface area contributed by atoms with Crippen LogP contribution in [-0.4, -0.2) is 61.8 Å². The first-order valence-corrected chi connectivity index (χ1v) is 8.88. The number of H-pyrrole nitrogens is 1. The van der Waals surface area contributed by atoms with Crippen LogP contribution < -0.4 is 0 Å². The van der Waals surface area contributed by atoms with Crippen molar-refractivity contribution in [2.75, 3.05) is 13.1 Å². The summed E-state index contributed by atoms with van der Waals surface area (Å²) in [5.41, 5.74) is 1.70. The Morgan fingerprint density at radius 1 is 1.19 bits per heavy atom. The van der Waals surface area contributed by atoms with Crippen molar-refractivity contribution in [1.82, 2.24) is 19.8 Å². The minimum atomic E-state index is -1.21. The molecule has 2 aromatic rings. The van der Waals surface area contributed by atoms with Crippen molar-refractivity contribution >= 4 is 17.8 Å². The van der Waals surface area contributed by atoms with Crippen LogP contribution in [-0.2, 0) is 27.3 Å². The Labute approximate surface area is 155 Å². The molecule has 3 heterocycles. The lowest BCUT2D eigenvalue weighted by Crippen LogP contribution is -2.48. The lowest BCUT2D eigenvalue weighted by atomic mass is 10.00. The van der Waals surface area contributed by atoms with Crippen LogP contribution >= 0.6 is 0 Å². The van der Waals surface area contributed by atoms with Crippen molar-refractivity contribution in [3.63, 3.8) is 0 Å². The number of aromatic amines is 1. The summed E-state index contributed by atoms with van der Waals surface area (Å²) in [5.74, 6) is -2.89. The standard InChI is InChI=1S/C19H20N4O4/c24-17-14-9-22(8-12-4-2-1-3-5-12)10-15(14)18(25)23(17)16(19(26)27)6-13-7-20-11-21-13/h1-5,7,11,14-16H,6,8-10H2,(H,20,21)(H,26,27)/t14?,15?,16-/m0/s1. The number of aliphatic carboxylic acids is 1. The molecule has 2 unspecified atom stereocenters. The van der Waals surface area contributed by atoms with Gasteiger partial charge in [0.05, 0.1) is 18.2 Å². The van der Waals surface area contributed by atoms with Crippen molar-refractivity contribution in [3.8, 4) is 0 Å². The quantitative estimate of drug-likeness (QED) is 0.720. The van der Waals surface area contributed by atoms with Crippen molar-refractivity contribution in [3.05, 3.63) is 54.1 Å². The molecule has 0 aliphatic carbocycles. The molecule has 2 amide bonds. The molecule has 2 saturated heterocycles. The highest BCUT2D eigenvalue weighted by Crippen LogP contribution is 2.35. The first-order valence-electron chi connectivity index (χ1n) is 8.88. The Morgan fingerprint density at radius 2 is 1.85 bits per heavy atom. The molecule has 0 bridgehead atoms. The maximum absolute atomic E-state index is 12.9. The summed E-state index contributed by atoms with van der Waals surface area (Å²) in [4.78, 5) is 47.2. The predicted molar refractivity (Wildman–Crippen MR) is 94.3 cm³/mol. The van der Waals surface area contributed by atoms with Crippen LogP contribution in [0.1, 0.15) is 11.3 Å². The SMILES string of the molecule is O=C(O)[C@H](Cc1cnc[nH]1)N1C(=O)C2CN(Cc3ccccc3)CC2C1=O. The van der Waals surface area contributed by atoms with Crippen molar-refractivity contribution in [2.45, 2.75) is 19.0 Å². The van der Waals surface area contributed by atoms with E-state index in [1.165, 1.54) is 12.5 Å². The number of carboxylic acid groups (broad SMARTS) is 1. The largest absolute Gasteiger partial charge is 0.480 e. The van der Waals surface area contributed by atoms with E-state index in [2.05, 4.69) is 14.9 Å². The van der Waals surface area contributed by atoms with Gasteiger partial charge in [0.25, 0.3) is 0 Å². The maximum atomic E-state index is 12.9. The maximum Gasteiger partial charge on any atom is 0.327 e. The molecule has 1 aromatic heterocycles. The molecule has 3 atom stereocenters. The normalized spacial score (nSPS) is 23.6. The van der Waals surface area contributed by atoms with Gasteiger partial charge >= 0.3 is 5.97 Å². The van der Waals surface area contributed by atoms with Crippen LogP contribution in [0.3, 0.4) is 0 Å². The number of aromatic nitrogens is 2. The Hall–Kier alpha value is -3.00. The fraction of sp³-hybridized carbons (Fsp3) is 0.368. The van der Waals surface area contributed by atoms with Gasteiger partial charge in [0.2, 0.25) is 11.8 Å². The van der Waals surface area contributed by atoms with Gasteiger partial charge in [-0.3, -0.25) is 19.4 Å². The van der Waals surface area contributed by atoms with Gasteiger partial charge in [-0.1, -0.05) is 30.3 Å². The topological polar surface area (TPSA) is 107 Å². The van der Waals surface area contributed by atoms with Gasteiger partial charge in [-0.15, -0.1) is 0 Å². The van der Waals surface area contributed by atoms with Gasteiger partial charge in [0.1, 0.15) is 6.04 Å². The van der Waals surface area contributed by atoms with Gasteiger partial charge in [-0.05, 0) is 5.56 Å². The lowest BCUT2D eigenvalue weighted by molar-refractivity contribution is -0.155. The molecule has 27 heavy (non-hydrogen) atoms. The highest BCUT2D eigenvalue weighted by molar-refractivity contribution is 6.08. The van der Waals surface area contributed by atoms with Crippen LogP contribution in [0.25, 0.3) is 0 Å². The van der Waals surface area contributed by atoms with E-state index in [4.69, 9.17) is 0 Å². The third-order valence-corrected chi connectivity index (χ3v) is 5.32. The molecule has 2 aliphatic heterocycles. The second-order valence-electron chi connectivity index (χ2n) is 7.07. The number of imidazole rings is 1. The average Bonchev–Trinajstić information content (AvgIpc) is 3.35. The number of nitrogens with one attached hydrogen (secondary N) is 1. The molecule has 8 nitrogen and oxygen atoms in total. The van der Waals surface area contributed by atoms with Crippen molar-refractivity contribution < 1.29 is 19.5 Å². The Kier molecular flexibility index (Phi) is 4.49. The summed E-state index contributed by atoms with van der Waals surface area (Å²) in [7, 11) is 0. The van der Waals surface area contributed by atoms with Crippen LogP contribution in [0.2, 0.25) is 0 Å². The van der Waals surface area contributed by atoms with Crippen LogP contribution in [0.4, 0.5) is 0 Å². The number of hydrogen-bond acceptors (Lipinski definition) is 5. The Morgan fingerprint density at radius 3 is 2.41 bits per heavy atom. The molecule has 0 saturated carbocycles. The minimum Gasteiger partial charge on any atom is -0.480 e. The van der Waals surface area contributed by atoms with Gasteiger partial charge in [0, 0.05) is 37.9 Å². The number of carbonyl (C=O) groups is 3. The number of imide groups is 1. The van der Waals surface area contributed by atoms with E-state index in [1.54, 1.807) is 0 Å². The summed E-state index contributed by atoms with van der Waals surface area (Å²) < 4.78 is 0. The third kappa shape index (κ3) is 3.23. The Balaban J connectivity index is 1.48. The van der Waals surface area contributed by atoms with Crippen LogP contribution in [0.5, 0.6) is 0 Å². The van der Waals surface area contributed by atoms with Crippen LogP contribution in [0, 0.1) is 11.8 Å². The fourth-order valence-electron chi connectivity index (χ4n) is 4.02. The smallest absolute Gasteiger partial charge is 0.327 e. The third-order valence-electron chi connectivity index (χ3n) is 5.32. The molecule has 2 N–H and O–H groups in total. The Bertz CT molecular complexity index is 828. The highest BCUT2D eigenvalue weighted by atomic mass is 16.4. The molecule has 0 spiro atoms. The number of likely N-dealkylation sites (tertiary alicyclic amines) is 2. The monoisotopic (exact) mass is 368 g/mol. The highest BCUT2D eigenvalue weighted by Gasteiger charge is 2.55. The van der Waals surface area contributed by atoms with Gasteiger partial charge in [0.15, 0.2) is 0 Å². The van der Waals surface area contributed by atoms with Crippen molar-refractivity contribution in [2.24, 2.45) is 11.8 Å². The number of benzene rings is 1. The molecular weight excluding hydrogens is 348 g/mol. The first kappa shape index (κ1) is 17.4. The number of carboxylic acids is 1. The zero-order valence-corrected chi connectivity index (χ0v) is 14.6. The summed E-state index contributed by atoms with van der Waals surface area (Å²) in [6, 6.07) is 8.66. The molecule has 8 heteroatoms. The zero-order chi connectivity index (χ0) is 19.0. The summed E-state index contributed by atoms with van der Waals surface area (Å²) in [6.45, 7) is 1.61. The van der Waals surface area contributed by atoms with E-state index in [-0.39, 0.29) is 18.2 Å². The van der Waals surface area contributed by atoms with E-state index in [9.17, 15) is 19.5 Å². The number of carbonyl (C=O) groups excluding carboxylic acids is 2. The lowest BCUT2D eigenvalue weighted by Gasteiger charge is -2.25. The first-order chi connectivity index (χ1) is 13.0. The van der Waals surface area contributed by atoms with E-state index >= 15 is 0 Å². The van der Waals surface area contributed by atoms with Crippen molar-refractivity contribution in [1.29, 1.82) is 0 Å². The van der Waals surface area contributed by atoms with E-state index in [0.29, 0.717) is 25.3 Å². The minimum absolute atomic E-state index is 0.0278. The number of amides is 2. The number of nitrogens with zero attached hydrogens (tertiary/aromatic N) is 3. The molecule has 1 aromatic carbocycles. The summed E-state index contributed by atoms with van der Waals surface area (Å²) in [5, 5.41) is 9.59. The van der Waals surface area contributed by atoms with E-state index in [0.717, 1.165) is 10.5 Å². The molecule has 0 radical (unpaired) electrons. The van der Waals surface area contributed by atoms with E-state index in [1.807, 2.05) is 30.3 Å². The second kappa shape index (κ2) is 6.96. The summed E-state index contributed by atoms with van der Waals surface area (Å²) in [6.07, 6.45) is 2.97. The second-order valence-corrected chi connectivity index (χ2v) is 7.07. The van der Waals surface area contributed by atoms with Crippen LogP contribution in [0.15, 0.2) is 42.9 Å². The zero-order valence-electron chi connectivity index (χ0n) is 14.6. The fourth-order valence-corrected chi connectivity index (χ4v) is 4.02. The predicted octanol–water partition coefficient (Wildman–Crippen LogP) is 0.522. The van der Waals surface area contributed by atoms with Gasteiger partial charge in [-0.2, -0.15) is 0 Å². The van der Waals surface area contributed by atoms with Gasteiger partial charge in [-0.25, -0.2) is 9.78 Å². The molecule has 2 fully saturated rings. The molecule has 4 rings (SSSR count). The number of rotatable bonds is 6. The van der Waals surface area contributed by atoms with Gasteiger partial charge < -0.3 is 10.1 Å².